The lowest BCUT2D eigenvalue weighted by Gasteiger charge is -2.11. The van der Waals surface area contributed by atoms with Crippen molar-refractivity contribution in [2.24, 2.45) is 0 Å². The molecule has 0 spiro atoms. The van der Waals surface area contributed by atoms with Crippen LogP contribution in [0.15, 0.2) is 0 Å². The third-order valence-electron chi connectivity index (χ3n) is 2.10. The van der Waals surface area contributed by atoms with Crippen molar-refractivity contribution in [1.82, 2.24) is 0 Å². The fourth-order valence-corrected chi connectivity index (χ4v) is 0.677. The second-order valence-electron chi connectivity index (χ2n) is 3.97. The predicted octanol–water partition coefficient (Wildman–Crippen LogP) is 3.16. The van der Waals surface area contributed by atoms with Crippen LogP contribution in [0, 0.1) is 0 Å². The van der Waals surface area contributed by atoms with Gasteiger partial charge < -0.3 is 24.4 Å². The Bertz CT molecular complexity index is 356. The first kappa shape index (κ1) is 22.6. The highest BCUT2D eigenvalue weighted by Gasteiger charge is 2.15. The number of hydrogen-bond acceptors (Lipinski definition) is 9. The molecule has 11 heteroatoms. The smallest absolute Gasteiger partial charge is 0.449 e. The summed E-state index contributed by atoms with van der Waals surface area (Å²) in [5, 5.41) is 15.0. The van der Waals surface area contributed by atoms with Crippen molar-refractivity contribution in [2.45, 2.75) is 52.7 Å². The maximum Gasteiger partial charge on any atom is 0.550 e. The van der Waals surface area contributed by atoms with Gasteiger partial charge in [0.05, 0.1) is 0 Å². The summed E-state index contributed by atoms with van der Waals surface area (Å²) in [5.74, 6) is 0. The van der Waals surface area contributed by atoms with Gasteiger partial charge in [-0.3, -0.25) is 0 Å². The summed E-state index contributed by atoms with van der Waals surface area (Å²) in [4.78, 5) is 48.4. The molecule has 2 N–H and O–H groups in total. The van der Waals surface area contributed by atoms with Gasteiger partial charge in [-0.25, -0.2) is 9.59 Å². The van der Waals surface area contributed by atoms with Gasteiger partial charge in [0.2, 0.25) is 0 Å². The van der Waals surface area contributed by atoms with Gasteiger partial charge in [0.15, 0.2) is 0 Å². The van der Waals surface area contributed by atoms with Crippen molar-refractivity contribution >= 4 is 24.6 Å². The predicted molar refractivity (Wildman–Crippen MR) is 71.8 cm³/mol. The Labute approximate surface area is 131 Å². The van der Waals surface area contributed by atoms with Crippen LogP contribution < -0.4 is 0 Å². The van der Waals surface area contributed by atoms with Gasteiger partial charge in [0, 0.05) is 0 Å². The molecule has 0 fully saturated rings. The van der Waals surface area contributed by atoms with E-state index in [0.29, 0.717) is 12.8 Å². The maximum absolute atomic E-state index is 10.9. The van der Waals surface area contributed by atoms with Crippen LogP contribution in [0.3, 0.4) is 0 Å². The fourth-order valence-electron chi connectivity index (χ4n) is 0.677. The summed E-state index contributed by atoms with van der Waals surface area (Å²) < 4.78 is 12.5. The zero-order valence-corrected chi connectivity index (χ0v) is 13.1. The molecule has 0 radical (unpaired) electrons. The van der Waals surface area contributed by atoms with Gasteiger partial charge in [0.1, 0.15) is 12.2 Å². The average Bonchev–Trinajstić information content (AvgIpc) is 2.44. The highest BCUT2D eigenvalue weighted by molar-refractivity contribution is 5.74. The van der Waals surface area contributed by atoms with Crippen LogP contribution in [0.25, 0.3) is 0 Å². The second-order valence-corrected chi connectivity index (χ2v) is 3.97. The first-order valence-corrected chi connectivity index (χ1v) is 6.51. The van der Waals surface area contributed by atoms with E-state index in [2.05, 4.69) is 24.0 Å². The van der Waals surface area contributed by atoms with Gasteiger partial charge >= 0.3 is 24.6 Å². The molecule has 0 aliphatic heterocycles. The number of carbonyl (C=O) groups excluding carboxylic acids is 2. The minimum Gasteiger partial charge on any atom is -0.449 e. The second kappa shape index (κ2) is 13.0. The molecule has 134 valence electrons. The Morgan fingerprint density at radius 3 is 1.26 bits per heavy atom. The normalized spacial score (nSPS) is 11.7. The van der Waals surface area contributed by atoms with Crippen molar-refractivity contribution in [1.29, 1.82) is 0 Å². The van der Waals surface area contributed by atoms with Gasteiger partial charge in [0.25, 0.3) is 0 Å². The Morgan fingerprint density at radius 1 is 0.783 bits per heavy atom. The van der Waals surface area contributed by atoms with E-state index in [9.17, 15) is 19.2 Å². The van der Waals surface area contributed by atoms with Gasteiger partial charge in [-0.1, -0.05) is 13.8 Å². The van der Waals surface area contributed by atoms with Crippen LogP contribution in [0.5, 0.6) is 0 Å². The molecule has 2 unspecified atom stereocenters. The Hall–Kier alpha value is -2.72. The van der Waals surface area contributed by atoms with E-state index < -0.39 is 24.6 Å². The van der Waals surface area contributed by atoms with Crippen molar-refractivity contribution in [2.75, 3.05) is 0 Å². The topological polar surface area (TPSA) is 155 Å². The molecule has 2 atom stereocenters. The molecule has 0 amide bonds. The van der Waals surface area contributed by atoms with Gasteiger partial charge in [-0.2, -0.15) is 19.4 Å². The summed E-state index contributed by atoms with van der Waals surface area (Å²) in [7, 11) is 0. The lowest BCUT2D eigenvalue weighted by molar-refractivity contribution is -0.223. The highest BCUT2D eigenvalue weighted by atomic mass is 17.3. The highest BCUT2D eigenvalue weighted by Crippen LogP contribution is 2.02. The molecular formula is C12H20O11. The molecule has 0 saturated heterocycles. The zero-order valence-electron chi connectivity index (χ0n) is 13.1. The first-order chi connectivity index (χ1) is 10.6. The van der Waals surface area contributed by atoms with Crippen molar-refractivity contribution in [3.05, 3.63) is 0 Å². The van der Waals surface area contributed by atoms with E-state index in [1.54, 1.807) is 13.8 Å². The molecule has 0 saturated carbocycles. The Kier molecular flexibility index (Phi) is 12.7. The third-order valence-corrected chi connectivity index (χ3v) is 2.10. The number of ether oxygens (including phenoxy) is 3. The summed E-state index contributed by atoms with van der Waals surface area (Å²) >= 11 is 0. The van der Waals surface area contributed by atoms with E-state index >= 15 is 0 Å². The molecule has 0 aliphatic carbocycles. The monoisotopic (exact) mass is 340 g/mol. The number of carboxylic acid groups (broad SMARTS) is 2. The lowest BCUT2D eigenvalue weighted by Crippen LogP contribution is -2.20. The standard InChI is InChI=1S/C10H18O6.C2H2O5/c1-5-7(3)13-9(11)15-16-10(12)14-8(4)6-2;3-1(4)7-2(5)6/h7-8H,5-6H2,1-4H3;(H,3,4)(H,5,6). The average molecular weight is 340 g/mol. The molecule has 0 bridgehead atoms. The van der Waals surface area contributed by atoms with Gasteiger partial charge in [-0.15, -0.1) is 0 Å². The Balaban J connectivity index is 0. The molecule has 11 nitrogen and oxygen atoms in total. The molecule has 0 aromatic carbocycles. The fraction of sp³-hybridized carbons (Fsp3) is 0.667. The van der Waals surface area contributed by atoms with Crippen LogP contribution in [-0.4, -0.2) is 47.0 Å². The minimum atomic E-state index is -1.81. The first-order valence-electron chi connectivity index (χ1n) is 6.51. The molecule has 23 heavy (non-hydrogen) atoms. The molecule has 0 rings (SSSR count). The maximum atomic E-state index is 10.9. The van der Waals surface area contributed by atoms with Crippen LogP contribution in [-0.2, 0) is 24.0 Å². The summed E-state index contributed by atoms with van der Waals surface area (Å²) in [6.45, 7) is 7.07. The van der Waals surface area contributed by atoms with E-state index in [0.717, 1.165) is 0 Å². The SMILES string of the molecule is CCC(C)OC(=O)OOC(=O)OC(C)CC.O=C(O)OC(=O)O. The quantitative estimate of drug-likeness (QED) is 0.255. The molecule has 0 aromatic rings. The molecule has 0 aromatic heterocycles. The number of carbonyl (C=O) groups is 4. The van der Waals surface area contributed by atoms with Gasteiger partial charge in [-0.05, 0) is 26.7 Å². The molecule has 0 heterocycles. The molecule has 0 aliphatic rings. The summed E-state index contributed by atoms with van der Waals surface area (Å²) in [6, 6.07) is 0. The van der Waals surface area contributed by atoms with E-state index in [4.69, 9.17) is 10.2 Å². The van der Waals surface area contributed by atoms with E-state index in [1.165, 1.54) is 0 Å². The largest absolute Gasteiger partial charge is 0.550 e. The van der Waals surface area contributed by atoms with Crippen molar-refractivity contribution < 1.29 is 53.4 Å². The van der Waals surface area contributed by atoms with Crippen LogP contribution in [0.2, 0.25) is 0 Å². The number of rotatable bonds is 4. The van der Waals surface area contributed by atoms with E-state index in [-0.39, 0.29) is 12.2 Å². The third kappa shape index (κ3) is 17.2. The summed E-state index contributed by atoms with van der Waals surface area (Å²) in [5.41, 5.74) is 0. The van der Waals surface area contributed by atoms with Crippen LogP contribution in [0.4, 0.5) is 19.2 Å². The van der Waals surface area contributed by atoms with Crippen LogP contribution >= 0.6 is 0 Å². The Morgan fingerprint density at radius 2 is 1.09 bits per heavy atom. The number of hydrogen-bond donors (Lipinski definition) is 2. The van der Waals surface area contributed by atoms with Crippen LogP contribution in [0.1, 0.15) is 40.5 Å². The van der Waals surface area contributed by atoms with Crippen molar-refractivity contribution in [3.8, 4) is 0 Å². The van der Waals surface area contributed by atoms with E-state index in [1.807, 2.05) is 13.8 Å². The molecular weight excluding hydrogens is 320 g/mol. The van der Waals surface area contributed by atoms with Crippen molar-refractivity contribution in [3.63, 3.8) is 0 Å². The minimum absolute atomic E-state index is 0.290. The lowest BCUT2D eigenvalue weighted by atomic mass is 10.3. The summed E-state index contributed by atoms with van der Waals surface area (Å²) in [6.07, 6.45) is -5.03. The zero-order chi connectivity index (χ0) is 18.4.